The van der Waals surface area contributed by atoms with Crippen LogP contribution in [0.3, 0.4) is 0 Å². The van der Waals surface area contributed by atoms with Crippen LogP contribution in [0.4, 0.5) is 4.79 Å². The number of hydrogen-bond donors (Lipinski definition) is 3. The van der Waals surface area contributed by atoms with Gasteiger partial charge in [0.25, 0.3) is 0 Å². The normalized spacial score (nSPS) is 21.7. The van der Waals surface area contributed by atoms with Gasteiger partial charge in [-0.2, -0.15) is 0 Å². The highest BCUT2D eigenvalue weighted by atomic mass is 16.5. The molecule has 1 aliphatic heterocycles. The van der Waals surface area contributed by atoms with Crippen LogP contribution in [0.5, 0.6) is 0 Å². The first-order chi connectivity index (χ1) is 9.91. The van der Waals surface area contributed by atoms with E-state index in [1.165, 1.54) is 18.9 Å². The van der Waals surface area contributed by atoms with E-state index in [0.29, 0.717) is 26.1 Å². The van der Waals surface area contributed by atoms with E-state index in [4.69, 9.17) is 4.74 Å². The lowest BCUT2D eigenvalue weighted by molar-refractivity contribution is -0.150. The largest absolute Gasteiger partial charge is 0.480 e. The van der Waals surface area contributed by atoms with Crippen LogP contribution in [0.15, 0.2) is 0 Å². The Labute approximate surface area is 123 Å². The van der Waals surface area contributed by atoms with Crippen LogP contribution in [-0.4, -0.2) is 66.8 Å². The molecule has 0 aliphatic carbocycles. The lowest BCUT2D eigenvalue weighted by atomic mass is 9.89. The molecule has 8 nitrogen and oxygen atoms in total. The Balaban J connectivity index is 2.49. The van der Waals surface area contributed by atoms with Crippen molar-refractivity contribution in [3.63, 3.8) is 0 Å². The van der Waals surface area contributed by atoms with Gasteiger partial charge < -0.3 is 25.4 Å². The van der Waals surface area contributed by atoms with E-state index in [9.17, 15) is 19.5 Å². The SMILES string of the molecule is COCCNC(=O)CNC(=O)N1CCCCC1(C)C(=O)O. The van der Waals surface area contributed by atoms with E-state index < -0.39 is 17.5 Å². The van der Waals surface area contributed by atoms with Gasteiger partial charge in [0.1, 0.15) is 5.54 Å². The van der Waals surface area contributed by atoms with Crippen molar-refractivity contribution in [3.8, 4) is 0 Å². The van der Waals surface area contributed by atoms with Gasteiger partial charge in [0.05, 0.1) is 13.2 Å². The van der Waals surface area contributed by atoms with Crippen LogP contribution in [0.2, 0.25) is 0 Å². The van der Waals surface area contributed by atoms with E-state index in [1.807, 2.05) is 0 Å². The Hall–Kier alpha value is -1.83. The number of carboxylic acid groups (broad SMARTS) is 1. The van der Waals surface area contributed by atoms with Crippen molar-refractivity contribution >= 4 is 17.9 Å². The summed E-state index contributed by atoms with van der Waals surface area (Å²) in [4.78, 5) is 36.3. The van der Waals surface area contributed by atoms with Crippen molar-refractivity contribution in [1.29, 1.82) is 0 Å². The molecule has 0 radical (unpaired) electrons. The highest BCUT2D eigenvalue weighted by Crippen LogP contribution is 2.28. The van der Waals surface area contributed by atoms with Gasteiger partial charge in [-0.1, -0.05) is 0 Å². The van der Waals surface area contributed by atoms with Crippen LogP contribution >= 0.6 is 0 Å². The number of ether oxygens (including phenoxy) is 1. The molecule has 1 heterocycles. The molecule has 0 spiro atoms. The summed E-state index contributed by atoms with van der Waals surface area (Å²) in [5.41, 5.74) is -1.21. The van der Waals surface area contributed by atoms with Gasteiger partial charge >= 0.3 is 12.0 Å². The summed E-state index contributed by atoms with van der Waals surface area (Å²) < 4.78 is 4.79. The van der Waals surface area contributed by atoms with Gasteiger partial charge in [-0.3, -0.25) is 4.79 Å². The van der Waals surface area contributed by atoms with Gasteiger partial charge in [-0.05, 0) is 26.2 Å². The van der Waals surface area contributed by atoms with E-state index >= 15 is 0 Å². The fourth-order valence-electron chi connectivity index (χ4n) is 2.28. The summed E-state index contributed by atoms with van der Waals surface area (Å²) in [7, 11) is 1.52. The summed E-state index contributed by atoms with van der Waals surface area (Å²) in [5, 5.41) is 14.4. The van der Waals surface area contributed by atoms with E-state index in [0.717, 1.165) is 12.8 Å². The summed E-state index contributed by atoms with van der Waals surface area (Å²) in [6.07, 6.45) is 1.94. The van der Waals surface area contributed by atoms with Gasteiger partial charge in [-0.25, -0.2) is 9.59 Å². The first-order valence-corrected chi connectivity index (χ1v) is 6.96. The second-order valence-electron chi connectivity index (χ2n) is 5.19. The van der Waals surface area contributed by atoms with Gasteiger partial charge in [0, 0.05) is 20.2 Å². The molecule has 1 fully saturated rings. The molecule has 1 aliphatic rings. The minimum absolute atomic E-state index is 0.186. The molecule has 0 saturated carbocycles. The average Bonchev–Trinajstić information content (AvgIpc) is 2.45. The van der Waals surface area contributed by atoms with Crippen molar-refractivity contribution in [1.82, 2.24) is 15.5 Å². The molecule has 0 bridgehead atoms. The standard InChI is InChI=1S/C13H23N3O5/c1-13(11(18)19)5-3-4-7-16(13)12(20)15-9-10(17)14-6-8-21-2/h3-9H2,1-2H3,(H,14,17)(H,15,20)(H,18,19). The topological polar surface area (TPSA) is 108 Å². The number of likely N-dealkylation sites (tertiary alicyclic amines) is 1. The molecule has 1 saturated heterocycles. The Morgan fingerprint density at radius 3 is 2.62 bits per heavy atom. The Morgan fingerprint density at radius 1 is 1.29 bits per heavy atom. The zero-order valence-electron chi connectivity index (χ0n) is 12.5. The molecular formula is C13H23N3O5. The monoisotopic (exact) mass is 301 g/mol. The van der Waals surface area contributed by atoms with Gasteiger partial charge in [0.2, 0.25) is 5.91 Å². The van der Waals surface area contributed by atoms with Crippen LogP contribution in [-0.2, 0) is 14.3 Å². The number of urea groups is 1. The van der Waals surface area contributed by atoms with E-state index in [2.05, 4.69) is 10.6 Å². The van der Waals surface area contributed by atoms with E-state index in [-0.39, 0.29) is 12.5 Å². The first-order valence-electron chi connectivity index (χ1n) is 6.96. The van der Waals surface area contributed by atoms with Crippen LogP contribution in [0.1, 0.15) is 26.2 Å². The zero-order valence-corrected chi connectivity index (χ0v) is 12.5. The van der Waals surface area contributed by atoms with Crippen molar-refractivity contribution in [2.75, 3.05) is 33.4 Å². The molecule has 8 heteroatoms. The number of carbonyl (C=O) groups is 3. The van der Waals surface area contributed by atoms with Crippen molar-refractivity contribution in [3.05, 3.63) is 0 Å². The molecule has 21 heavy (non-hydrogen) atoms. The summed E-state index contributed by atoms with van der Waals surface area (Å²) in [6.45, 7) is 2.48. The number of nitrogens with zero attached hydrogens (tertiary/aromatic N) is 1. The molecule has 120 valence electrons. The number of aliphatic carboxylic acids is 1. The second kappa shape index (κ2) is 7.82. The molecule has 1 atom stereocenters. The fraction of sp³-hybridized carbons (Fsp3) is 0.769. The number of hydrogen-bond acceptors (Lipinski definition) is 4. The third-order valence-corrected chi connectivity index (χ3v) is 3.63. The predicted octanol–water partition coefficient (Wildman–Crippen LogP) is -0.212. The quantitative estimate of drug-likeness (QED) is 0.588. The third kappa shape index (κ3) is 4.59. The highest BCUT2D eigenvalue weighted by molar-refractivity contribution is 5.88. The molecule has 3 amide bonds. The summed E-state index contributed by atoms with van der Waals surface area (Å²) in [5.74, 6) is -1.36. The zero-order chi connectivity index (χ0) is 15.9. The molecular weight excluding hydrogens is 278 g/mol. The second-order valence-corrected chi connectivity index (χ2v) is 5.19. The lowest BCUT2D eigenvalue weighted by Gasteiger charge is -2.41. The number of carbonyl (C=O) groups excluding carboxylic acids is 2. The lowest BCUT2D eigenvalue weighted by Crippen LogP contribution is -2.60. The number of nitrogens with one attached hydrogen (secondary N) is 2. The maximum atomic E-state index is 12.1. The minimum Gasteiger partial charge on any atom is -0.480 e. The number of piperidine rings is 1. The van der Waals surface area contributed by atoms with Crippen LogP contribution in [0.25, 0.3) is 0 Å². The van der Waals surface area contributed by atoms with Crippen LogP contribution < -0.4 is 10.6 Å². The van der Waals surface area contributed by atoms with Crippen molar-refractivity contribution < 1.29 is 24.2 Å². The molecule has 0 aromatic rings. The molecule has 1 unspecified atom stereocenters. The van der Waals surface area contributed by atoms with Crippen LogP contribution in [0, 0.1) is 0 Å². The number of rotatable bonds is 6. The highest BCUT2D eigenvalue weighted by Gasteiger charge is 2.43. The number of methoxy groups -OCH3 is 1. The Kier molecular flexibility index (Phi) is 6.41. The Bertz CT molecular complexity index is 401. The summed E-state index contributed by atoms with van der Waals surface area (Å²) >= 11 is 0. The fourth-order valence-corrected chi connectivity index (χ4v) is 2.28. The molecule has 3 N–H and O–H groups in total. The predicted molar refractivity (Wildman–Crippen MR) is 74.9 cm³/mol. The average molecular weight is 301 g/mol. The number of amides is 3. The van der Waals surface area contributed by atoms with Crippen molar-refractivity contribution in [2.24, 2.45) is 0 Å². The van der Waals surface area contributed by atoms with Gasteiger partial charge in [0.15, 0.2) is 0 Å². The number of carboxylic acids is 1. The van der Waals surface area contributed by atoms with Crippen molar-refractivity contribution in [2.45, 2.75) is 31.7 Å². The Morgan fingerprint density at radius 2 is 2.00 bits per heavy atom. The first kappa shape index (κ1) is 17.2. The van der Waals surface area contributed by atoms with E-state index in [1.54, 1.807) is 0 Å². The molecule has 0 aromatic heterocycles. The smallest absolute Gasteiger partial charge is 0.329 e. The maximum absolute atomic E-state index is 12.1. The molecule has 1 rings (SSSR count). The minimum atomic E-state index is -1.21. The molecule has 0 aromatic carbocycles. The van der Waals surface area contributed by atoms with Gasteiger partial charge in [-0.15, -0.1) is 0 Å². The maximum Gasteiger partial charge on any atom is 0.329 e. The third-order valence-electron chi connectivity index (χ3n) is 3.63. The summed E-state index contributed by atoms with van der Waals surface area (Å²) in [6, 6.07) is -0.526.